The molecule has 0 atom stereocenters. The molecule has 0 amide bonds. The number of benzene rings is 1. The molecule has 3 heterocycles. The molecule has 0 unspecified atom stereocenters. The van der Waals surface area contributed by atoms with Crippen molar-refractivity contribution in [1.82, 2.24) is 19.3 Å². The molecule has 0 fully saturated rings. The van der Waals surface area contributed by atoms with Crippen molar-refractivity contribution < 1.29 is 13.2 Å². The Morgan fingerprint density at radius 1 is 1.17 bits per heavy atom. The predicted octanol–water partition coefficient (Wildman–Crippen LogP) is 4.70. The van der Waals surface area contributed by atoms with E-state index < -0.39 is 11.7 Å². The first-order chi connectivity index (χ1) is 13.7. The standard InChI is InChI=1S/C21H24F3N5/c1-12(2)28-10-16-18(11-28)29-13(3)8-26-20(29)27-19(16)25-9-15-6-5-7-17(14(15)4)21(22,23)24/h5-8,12H,9-11H2,1-4H3,(H,25,26,27). The first-order valence-electron chi connectivity index (χ1n) is 9.66. The number of fused-ring (bicyclic) bond motifs is 3. The van der Waals surface area contributed by atoms with Crippen LogP contribution in [0, 0.1) is 13.8 Å². The van der Waals surface area contributed by atoms with E-state index in [4.69, 9.17) is 0 Å². The van der Waals surface area contributed by atoms with Crippen molar-refractivity contribution in [3.8, 4) is 0 Å². The molecule has 3 aromatic rings. The molecule has 29 heavy (non-hydrogen) atoms. The van der Waals surface area contributed by atoms with E-state index in [0.717, 1.165) is 36.1 Å². The fourth-order valence-corrected chi connectivity index (χ4v) is 3.93. The summed E-state index contributed by atoms with van der Waals surface area (Å²) in [7, 11) is 0. The fraction of sp³-hybridized carbons (Fsp3) is 0.429. The van der Waals surface area contributed by atoms with Crippen LogP contribution < -0.4 is 5.32 Å². The van der Waals surface area contributed by atoms with Crippen LogP contribution in [0.2, 0.25) is 0 Å². The van der Waals surface area contributed by atoms with Gasteiger partial charge >= 0.3 is 6.18 Å². The van der Waals surface area contributed by atoms with Crippen molar-refractivity contribution in [2.24, 2.45) is 0 Å². The molecule has 1 aliphatic heterocycles. The minimum Gasteiger partial charge on any atom is -0.366 e. The van der Waals surface area contributed by atoms with Crippen LogP contribution >= 0.6 is 0 Å². The topological polar surface area (TPSA) is 45.5 Å². The number of halogens is 3. The van der Waals surface area contributed by atoms with Crippen molar-refractivity contribution in [2.45, 2.75) is 59.5 Å². The molecule has 154 valence electrons. The van der Waals surface area contributed by atoms with E-state index >= 15 is 0 Å². The van der Waals surface area contributed by atoms with Gasteiger partial charge in [0.15, 0.2) is 0 Å². The summed E-state index contributed by atoms with van der Waals surface area (Å²) >= 11 is 0. The Bertz CT molecular complexity index is 1070. The zero-order valence-corrected chi connectivity index (χ0v) is 16.9. The lowest BCUT2D eigenvalue weighted by molar-refractivity contribution is -0.138. The van der Waals surface area contributed by atoms with Gasteiger partial charge in [-0.15, -0.1) is 0 Å². The number of aryl methyl sites for hydroxylation is 1. The molecule has 1 aromatic carbocycles. The second-order valence-corrected chi connectivity index (χ2v) is 7.86. The van der Waals surface area contributed by atoms with Gasteiger partial charge in [-0.2, -0.15) is 18.2 Å². The third-order valence-corrected chi connectivity index (χ3v) is 5.68. The van der Waals surface area contributed by atoms with Gasteiger partial charge < -0.3 is 5.32 Å². The number of nitrogens with zero attached hydrogens (tertiary/aromatic N) is 4. The highest BCUT2D eigenvalue weighted by Crippen LogP contribution is 2.34. The highest BCUT2D eigenvalue weighted by Gasteiger charge is 2.33. The highest BCUT2D eigenvalue weighted by molar-refractivity contribution is 5.55. The van der Waals surface area contributed by atoms with E-state index in [-0.39, 0.29) is 12.1 Å². The quantitative estimate of drug-likeness (QED) is 0.686. The van der Waals surface area contributed by atoms with E-state index in [0.29, 0.717) is 23.2 Å². The highest BCUT2D eigenvalue weighted by atomic mass is 19.4. The number of imidazole rings is 1. The van der Waals surface area contributed by atoms with E-state index in [1.54, 1.807) is 12.3 Å². The Labute approximate surface area is 167 Å². The maximum absolute atomic E-state index is 13.2. The summed E-state index contributed by atoms with van der Waals surface area (Å²) in [6, 6.07) is 4.66. The van der Waals surface area contributed by atoms with Gasteiger partial charge in [0, 0.05) is 42.6 Å². The third kappa shape index (κ3) is 3.46. The summed E-state index contributed by atoms with van der Waals surface area (Å²) in [6.07, 6.45) is -2.56. The molecule has 0 radical (unpaired) electrons. The largest absolute Gasteiger partial charge is 0.416 e. The summed E-state index contributed by atoms with van der Waals surface area (Å²) in [5.41, 5.74) is 3.49. The Morgan fingerprint density at radius 2 is 1.93 bits per heavy atom. The van der Waals surface area contributed by atoms with Gasteiger partial charge in [-0.1, -0.05) is 12.1 Å². The number of hydrogen-bond donors (Lipinski definition) is 1. The van der Waals surface area contributed by atoms with Crippen LogP contribution in [-0.4, -0.2) is 25.3 Å². The molecule has 0 spiro atoms. The van der Waals surface area contributed by atoms with Gasteiger partial charge in [0.05, 0.1) is 11.8 Å². The molecule has 4 rings (SSSR count). The van der Waals surface area contributed by atoms with Crippen LogP contribution in [0.25, 0.3) is 5.78 Å². The van der Waals surface area contributed by atoms with Crippen LogP contribution in [0.15, 0.2) is 24.4 Å². The smallest absolute Gasteiger partial charge is 0.366 e. The maximum atomic E-state index is 13.2. The van der Waals surface area contributed by atoms with E-state index in [9.17, 15) is 13.2 Å². The predicted molar refractivity (Wildman–Crippen MR) is 106 cm³/mol. The summed E-state index contributed by atoms with van der Waals surface area (Å²) in [6.45, 7) is 9.62. The average Bonchev–Trinajstić information content (AvgIpc) is 3.23. The average molecular weight is 403 g/mol. The zero-order valence-electron chi connectivity index (χ0n) is 16.9. The lowest BCUT2D eigenvalue weighted by Crippen LogP contribution is -2.24. The second-order valence-electron chi connectivity index (χ2n) is 7.86. The summed E-state index contributed by atoms with van der Waals surface area (Å²) < 4.78 is 41.7. The van der Waals surface area contributed by atoms with Gasteiger partial charge in [-0.05, 0) is 44.9 Å². The van der Waals surface area contributed by atoms with Crippen molar-refractivity contribution in [2.75, 3.05) is 5.32 Å². The number of aromatic nitrogens is 3. The molecular formula is C21H24F3N5. The number of anilines is 1. The van der Waals surface area contributed by atoms with Crippen LogP contribution in [0.1, 0.15) is 47.5 Å². The molecule has 0 aliphatic carbocycles. The number of alkyl halides is 3. The first-order valence-corrected chi connectivity index (χ1v) is 9.66. The van der Waals surface area contributed by atoms with Gasteiger partial charge in [0.2, 0.25) is 5.78 Å². The Kier molecular flexibility index (Phi) is 4.77. The summed E-state index contributed by atoms with van der Waals surface area (Å²) in [4.78, 5) is 11.4. The van der Waals surface area contributed by atoms with Crippen molar-refractivity contribution >= 4 is 11.6 Å². The molecule has 5 nitrogen and oxygen atoms in total. The van der Waals surface area contributed by atoms with Gasteiger partial charge in [0.25, 0.3) is 0 Å². The zero-order chi connectivity index (χ0) is 20.9. The fourth-order valence-electron chi connectivity index (χ4n) is 3.93. The monoisotopic (exact) mass is 403 g/mol. The number of rotatable bonds is 4. The number of nitrogens with one attached hydrogen (secondary N) is 1. The Hall–Kier alpha value is -2.61. The maximum Gasteiger partial charge on any atom is 0.416 e. The van der Waals surface area contributed by atoms with Crippen LogP contribution in [0.5, 0.6) is 0 Å². The first kappa shape index (κ1) is 19.7. The normalized spacial score (nSPS) is 14.8. The molecule has 2 aromatic heterocycles. The van der Waals surface area contributed by atoms with E-state index in [2.05, 4.69) is 38.4 Å². The minimum atomic E-state index is -4.36. The van der Waals surface area contributed by atoms with Crippen LogP contribution in [-0.2, 0) is 25.8 Å². The third-order valence-electron chi connectivity index (χ3n) is 5.68. The van der Waals surface area contributed by atoms with Gasteiger partial charge in [-0.3, -0.25) is 9.30 Å². The lowest BCUT2D eigenvalue weighted by Gasteiger charge is -2.19. The molecule has 0 saturated heterocycles. The molecule has 1 N–H and O–H groups in total. The van der Waals surface area contributed by atoms with Gasteiger partial charge in [-0.25, -0.2) is 4.98 Å². The van der Waals surface area contributed by atoms with Crippen molar-refractivity contribution in [3.63, 3.8) is 0 Å². The van der Waals surface area contributed by atoms with Crippen LogP contribution in [0.3, 0.4) is 0 Å². The molecule has 0 bridgehead atoms. The lowest BCUT2D eigenvalue weighted by atomic mass is 10.0. The molecule has 8 heteroatoms. The SMILES string of the molecule is Cc1c(CNc2nc3ncc(C)n3c3c2CN(C(C)C)C3)cccc1C(F)(F)F. The van der Waals surface area contributed by atoms with Crippen LogP contribution in [0.4, 0.5) is 19.0 Å². The van der Waals surface area contributed by atoms with Gasteiger partial charge in [0.1, 0.15) is 5.82 Å². The summed E-state index contributed by atoms with van der Waals surface area (Å²) in [5, 5.41) is 3.28. The van der Waals surface area contributed by atoms with Crippen molar-refractivity contribution in [1.29, 1.82) is 0 Å². The number of hydrogen-bond acceptors (Lipinski definition) is 4. The molecular weight excluding hydrogens is 379 g/mol. The summed E-state index contributed by atoms with van der Waals surface area (Å²) in [5.74, 6) is 1.30. The van der Waals surface area contributed by atoms with E-state index in [1.807, 2.05) is 6.92 Å². The Morgan fingerprint density at radius 3 is 2.62 bits per heavy atom. The van der Waals surface area contributed by atoms with Crippen molar-refractivity contribution in [3.05, 3.63) is 58.0 Å². The minimum absolute atomic E-state index is 0.241. The molecule has 0 saturated carbocycles. The molecule has 1 aliphatic rings. The Balaban J connectivity index is 1.69. The van der Waals surface area contributed by atoms with E-state index in [1.165, 1.54) is 13.0 Å². The second kappa shape index (κ2) is 7.02.